The van der Waals surface area contributed by atoms with Crippen molar-refractivity contribution < 1.29 is 5.11 Å². The van der Waals surface area contributed by atoms with Gasteiger partial charge in [-0.25, -0.2) is 0 Å². The van der Waals surface area contributed by atoms with Gasteiger partial charge in [-0.05, 0) is 38.2 Å². The van der Waals surface area contributed by atoms with Crippen molar-refractivity contribution in [1.82, 2.24) is 19.8 Å². The smallest absolute Gasteiger partial charge is 0.178 e. The molecule has 0 amide bonds. The van der Waals surface area contributed by atoms with E-state index in [-0.39, 0.29) is 0 Å². The summed E-state index contributed by atoms with van der Waals surface area (Å²) in [6.45, 7) is 2.29. The first kappa shape index (κ1) is 13.6. The van der Waals surface area contributed by atoms with Gasteiger partial charge >= 0.3 is 0 Å². The van der Waals surface area contributed by atoms with Gasteiger partial charge in [0.1, 0.15) is 5.82 Å². The third-order valence-electron chi connectivity index (χ3n) is 3.34. The Labute approximate surface area is 122 Å². The number of hydrogen-bond acceptors (Lipinski definition) is 6. The highest BCUT2D eigenvalue weighted by Gasteiger charge is 2.29. The number of fused-ring (bicyclic) bond motifs is 1. The summed E-state index contributed by atoms with van der Waals surface area (Å²) in [6, 6.07) is 3.77. The zero-order valence-corrected chi connectivity index (χ0v) is 12.5. The van der Waals surface area contributed by atoms with Crippen molar-refractivity contribution in [3.05, 3.63) is 18.0 Å². The van der Waals surface area contributed by atoms with E-state index in [0.29, 0.717) is 18.2 Å². The molecule has 1 saturated carbocycles. The molecule has 2 aromatic heterocycles. The molecule has 0 saturated heterocycles. The van der Waals surface area contributed by atoms with Gasteiger partial charge in [-0.15, -0.1) is 15.3 Å². The van der Waals surface area contributed by atoms with Crippen LogP contribution in [0.25, 0.3) is 5.65 Å². The van der Waals surface area contributed by atoms with Crippen molar-refractivity contribution in [3.8, 4) is 0 Å². The van der Waals surface area contributed by atoms with Gasteiger partial charge in [0.2, 0.25) is 0 Å². The molecule has 1 aliphatic rings. The summed E-state index contributed by atoms with van der Waals surface area (Å²) in [7, 11) is 0. The van der Waals surface area contributed by atoms with Crippen molar-refractivity contribution in [2.45, 2.75) is 31.3 Å². The van der Waals surface area contributed by atoms with E-state index >= 15 is 0 Å². The van der Waals surface area contributed by atoms with Crippen LogP contribution in [0.2, 0.25) is 0 Å². The van der Waals surface area contributed by atoms with Crippen LogP contribution >= 0.6 is 11.8 Å². The van der Waals surface area contributed by atoms with Crippen molar-refractivity contribution in [3.63, 3.8) is 0 Å². The Morgan fingerprint density at radius 1 is 1.45 bits per heavy atom. The molecule has 0 spiro atoms. The topological polar surface area (TPSA) is 75.3 Å². The molecular weight excluding hydrogens is 274 g/mol. The third-order valence-corrected chi connectivity index (χ3v) is 4.25. The summed E-state index contributed by atoms with van der Waals surface area (Å²) in [5.74, 6) is 2.87. The maximum absolute atomic E-state index is 10.2. The van der Waals surface area contributed by atoms with E-state index in [2.05, 4.69) is 20.6 Å². The normalized spacial score (nSPS) is 18.1. The zero-order valence-electron chi connectivity index (χ0n) is 11.7. The SMILES string of the molecule is CSC[C@@](C)(O)CNc1ccc2nnc(C3CC3)n2n1. The number of nitrogens with zero attached hydrogens (tertiary/aromatic N) is 4. The molecule has 108 valence electrons. The average molecular weight is 293 g/mol. The van der Waals surface area contributed by atoms with E-state index in [1.165, 1.54) is 12.8 Å². The lowest BCUT2D eigenvalue weighted by Gasteiger charge is -2.22. The molecule has 6 nitrogen and oxygen atoms in total. The van der Waals surface area contributed by atoms with Gasteiger partial charge in [-0.1, -0.05) is 0 Å². The Bertz CT molecular complexity index is 608. The second-order valence-electron chi connectivity index (χ2n) is 5.60. The fraction of sp³-hybridized carbons (Fsp3) is 0.615. The summed E-state index contributed by atoms with van der Waals surface area (Å²) in [5.41, 5.74) is 0.0241. The standard InChI is InChI=1S/C13H19N5OS/c1-13(19,8-20-2)7-14-10-5-6-11-15-16-12(9-3-4-9)18(11)17-10/h5-6,9,19H,3-4,7-8H2,1-2H3,(H,14,17)/t13-/m0/s1. The van der Waals surface area contributed by atoms with Gasteiger partial charge < -0.3 is 10.4 Å². The highest BCUT2D eigenvalue weighted by Crippen LogP contribution is 2.38. The predicted molar refractivity (Wildman–Crippen MR) is 80.3 cm³/mol. The van der Waals surface area contributed by atoms with Crippen LogP contribution in [0.1, 0.15) is 31.5 Å². The minimum atomic E-state index is -0.747. The highest BCUT2D eigenvalue weighted by molar-refractivity contribution is 7.98. The number of aliphatic hydroxyl groups is 1. The molecule has 1 fully saturated rings. The zero-order chi connectivity index (χ0) is 14.2. The molecule has 0 aromatic carbocycles. The number of anilines is 1. The molecule has 20 heavy (non-hydrogen) atoms. The lowest BCUT2D eigenvalue weighted by Crippen LogP contribution is -2.36. The van der Waals surface area contributed by atoms with E-state index in [1.54, 1.807) is 11.8 Å². The molecule has 1 aliphatic carbocycles. The van der Waals surface area contributed by atoms with Crippen LogP contribution in [0.4, 0.5) is 5.82 Å². The van der Waals surface area contributed by atoms with Gasteiger partial charge in [0, 0.05) is 18.2 Å². The van der Waals surface area contributed by atoms with E-state index in [4.69, 9.17) is 0 Å². The number of aromatic nitrogens is 4. The van der Waals surface area contributed by atoms with Crippen LogP contribution in [0.15, 0.2) is 12.1 Å². The third kappa shape index (κ3) is 2.88. The molecule has 0 aliphatic heterocycles. The van der Waals surface area contributed by atoms with Crippen LogP contribution in [-0.2, 0) is 0 Å². The van der Waals surface area contributed by atoms with E-state index in [0.717, 1.165) is 17.3 Å². The number of rotatable bonds is 6. The Kier molecular flexibility index (Phi) is 3.55. The van der Waals surface area contributed by atoms with Crippen LogP contribution in [-0.4, -0.2) is 49.1 Å². The summed E-state index contributed by atoms with van der Waals surface area (Å²) in [5, 5.41) is 26.2. The molecule has 0 bridgehead atoms. The van der Waals surface area contributed by atoms with E-state index in [9.17, 15) is 5.11 Å². The van der Waals surface area contributed by atoms with Crippen molar-refractivity contribution in [1.29, 1.82) is 0 Å². The van der Waals surface area contributed by atoms with Gasteiger partial charge in [0.15, 0.2) is 11.5 Å². The highest BCUT2D eigenvalue weighted by atomic mass is 32.2. The first-order valence-electron chi connectivity index (χ1n) is 6.77. The van der Waals surface area contributed by atoms with Crippen molar-refractivity contribution in [2.75, 3.05) is 23.9 Å². The van der Waals surface area contributed by atoms with Crippen molar-refractivity contribution in [2.24, 2.45) is 0 Å². The Balaban J connectivity index is 1.76. The molecular formula is C13H19N5OS. The maximum Gasteiger partial charge on any atom is 0.178 e. The maximum atomic E-state index is 10.2. The van der Waals surface area contributed by atoms with Crippen LogP contribution < -0.4 is 5.32 Å². The molecule has 2 aromatic rings. The number of nitrogens with one attached hydrogen (secondary N) is 1. The number of hydrogen-bond donors (Lipinski definition) is 2. The van der Waals surface area contributed by atoms with Crippen LogP contribution in [0.5, 0.6) is 0 Å². The molecule has 7 heteroatoms. The fourth-order valence-corrected chi connectivity index (χ4v) is 2.86. The lowest BCUT2D eigenvalue weighted by molar-refractivity contribution is 0.0996. The average Bonchev–Trinajstić information content (AvgIpc) is 3.16. The van der Waals surface area contributed by atoms with Gasteiger partial charge in [-0.2, -0.15) is 16.3 Å². The fourth-order valence-electron chi connectivity index (χ4n) is 2.14. The van der Waals surface area contributed by atoms with Crippen molar-refractivity contribution >= 4 is 23.2 Å². The summed E-state index contributed by atoms with van der Waals surface area (Å²) in [6.07, 6.45) is 4.32. The van der Waals surface area contributed by atoms with E-state index < -0.39 is 5.60 Å². The molecule has 0 radical (unpaired) electrons. The van der Waals surface area contributed by atoms with Gasteiger partial charge in [0.05, 0.1) is 5.60 Å². The van der Waals surface area contributed by atoms with Gasteiger partial charge in [-0.3, -0.25) is 0 Å². The lowest BCUT2D eigenvalue weighted by atomic mass is 10.1. The quantitative estimate of drug-likeness (QED) is 0.841. The Morgan fingerprint density at radius 2 is 2.25 bits per heavy atom. The summed E-state index contributed by atoms with van der Waals surface area (Å²) in [4.78, 5) is 0. The van der Waals surface area contributed by atoms with Crippen LogP contribution in [0, 0.1) is 0 Å². The molecule has 1 atom stereocenters. The monoisotopic (exact) mass is 293 g/mol. The van der Waals surface area contributed by atoms with E-state index in [1.807, 2.05) is 29.8 Å². The first-order valence-corrected chi connectivity index (χ1v) is 8.16. The molecule has 3 rings (SSSR count). The molecule has 2 N–H and O–H groups in total. The summed E-state index contributed by atoms with van der Waals surface area (Å²) >= 11 is 1.63. The van der Waals surface area contributed by atoms with Gasteiger partial charge in [0.25, 0.3) is 0 Å². The minimum Gasteiger partial charge on any atom is -0.387 e. The van der Waals surface area contributed by atoms with Crippen LogP contribution in [0.3, 0.4) is 0 Å². The molecule has 2 heterocycles. The predicted octanol–water partition coefficient (Wildman–Crippen LogP) is 1.53. The second-order valence-corrected chi connectivity index (χ2v) is 6.47. The Morgan fingerprint density at radius 3 is 2.95 bits per heavy atom. The largest absolute Gasteiger partial charge is 0.387 e. The Hall–Kier alpha value is -1.34. The first-order chi connectivity index (χ1) is 9.59. The molecule has 0 unspecified atom stereocenters. The second kappa shape index (κ2) is 5.21. The summed E-state index contributed by atoms with van der Waals surface area (Å²) < 4.78 is 1.81. The minimum absolute atomic E-state index is 0.466. The number of thioether (sulfide) groups is 1.